The summed E-state index contributed by atoms with van der Waals surface area (Å²) in [6.45, 7) is 8.61. The van der Waals surface area contributed by atoms with E-state index in [0.717, 1.165) is 69.4 Å². The molecule has 1 amide bonds. The molecule has 2 atom stereocenters. The van der Waals surface area contributed by atoms with Crippen LogP contribution < -0.4 is 4.90 Å². The van der Waals surface area contributed by atoms with Crippen LogP contribution in [0.3, 0.4) is 0 Å². The Kier molecular flexibility index (Phi) is 6.81. The van der Waals surface area contributed by atoms with Crippen molar-refractivity contribution in [2.24, 2.45) is 0 Å². The fourth-order valence-corrected chi connectivity index (χ4v) is 4.49. The van der Waals surface area contributed by atoms with E-state index in [4.69, 9.17) is 14.5 Å². The highest BCUT2D eigenvalue weighted by molar-refractivity contribution is 7.14. The molecule has 2 saturated heterocycles. The van der Waals surface area contributed by atoms with E-state index in [1.54, 1.807) is 23.2 Å². The molecule has 0 spiro atoms. The highest BCUT2D eigenvalue weighted by atomic mass is 32.1. The number of aromatic nitrogens is 1. The van der Waals surface area contributed by atoms with Crippen LogP contribution in [0.2, 0.25) is 0 Å². The maximum absolute atomic E-state index is 11.7. The van der Waals surface area contributed by atoms with Gasteiger partial charge in [-0.1, -0.05) is 0 Å². The predicted molar refractivity (Wildman–Crippen MR) is 99.0 cm³/mol. The van der Waals surface area contributed by atoms with E-state index >= 15 is 0 Å². The second kappa shape index (κ2) is 9.07. The maximum atomic E-state index is 11.7. The van der Waals surface area contributed by atoms with Crippen LogP contribution in [-0.4, -0.2) is 60.8 Å². The average molecular weight is 368 g/mol. The Labute approximate surface area is 154 Å². The molecule has 1 aromatic rings. The summed E-state index contributed by atoms with van der Waals surface area (Å²) in [7, 11) is 0. The quantitative estimate of drug-likeness (QED) is 0.707. The Morgan fingerprint density at radius 1 is 1.24 bits per heavy atom. The molecule has 0 aliphatic carbocycles. The van der Waals surface area contributed by atoms with E-state index in [0.29, 0.717) is 18.8 Å². The molecule has 3 heterocycles. The average Bonchev–Trinajstić information content (AvgIpc) is 3.31. The van der Waals surface area contributed by atoms with Gasteiger partial charge in [-0.25, -0.2) is 4.98 Å². The Balaban J connectivity index is 1.63. The van der Waals surface area contributed by atoms with E-state index in [9.17, 15) is 4.79 Å². The van der Waals surface area contributed by atoms with Gasteiger partial charge in [-0.05, 0) is 32.6 Å². The van der Waals surface area contributed by atoms with Crippen LogP contribution in [0.15, 0.2) is 5.38 Å². The lowest BCUT2D eigenvalue weighted by Gasteiger charge is -2.26. The number of nitrogens with zero attached hydrogens (tertiary/aromatic N) is 3. The van der Waals surface area contributed by atoms with Crippen molar-refractivity contribution in [3.63, 3.8) is 0 Å². The first-order valence-electron chi connectivity index (χ1n) is 9.33. The van der Waals surface area contributed by atoms with Crippen molar-refractivity contribution in [2.75, 3.05) is 37.7 Å². The Hall–Kier alpha value is -1.02. The minimum Gasteiger partial charge on any atom is -0.377 e. The summed E-state index contributed by atoms with van der Waals surface area (Å²) < 4.78 is 11.6. The molecule has 0 saturated carbocycles. The smallest absolute Gasteiger partial charge is 0.225 e. The summed E-state index contributed by atoms with van der Waals surface area (Å²) in [4.78, 5) is 20.5. The number of ether oxygens (including phenoxy) is 2. The standard InChI is InChI=1S/C18H29N3O3S/c1-3-21(14(2)22)18-19-15(13-25-18)10-20(11-16-6-4-8-23-16)12-17-7-5-9-24-17/h13,16-17H,3-12H2,1-2H3/t16-,17+. The van der Waals surface area contributed by atoms with Crippen LogP contribution in [0.5, 0.6) is 0 Å². The Morgan fingerprint density at radius 2 is 1.88 bits per heavy atom. The van der Waals surface area contributed by atoms with Crippen LogP contribution in [0.4, 0.5) is 5.13 Å². The summed E-state index contributed by atoms with van der Waals surface area (Å²) in [5.41, 5.74) is 1.02. The van der Waals surface area contributed by atoms with Gasteiger partial charge in [0.05, 0.1) is 17.9 Å². The van der Waals surface area contributed by atoms with Gasteiger partial charge in [0.25, 0.3) is 0 Å². The van der Waals surface area contributed by atoms with Gasteiger partial charge in [0.1, 0.15) is 0 Å². The van der Waals surface area contributed by atoms with Crippen molar-refractivity contribution < 1.29 is 14.3 Å². The molecule has 0 unspecified atom stereocenters. The third-order valence-corrected chi connectivity index (χ3v) is 5.74. The maximum Gasteiger partial charge on any atom is 0.225 e. The minimum absolute atomic E-state index is 0.0407. The molecule has 3 rings (SSSR count). The number of rotatable bonds is 8. The van der Waals surface area contributed by atoms with E-state index in [1.807, 2.05) is 6.92 Å². The monoisotopic (exact) mass is 367 g/mol. The number of thiazole rings is 1. The number of hydrogen-bond donors (Lipinski definition) is 0. The summed E-state index contributed by atoms with van der Waals surface area (Å²) in [5.74, 6) is 0.0407. The molecule has 0 N–H and O–H groups in total. The number of carbonyl (C=O) groups excluding carboxylic acids is 1. The third kappa shape index (κ3) is 5.23. The van der Waals surface area contributed by atoms with Crippen molar-refractivity contribution >= 4 is 22.4 Å². The molecule has 2 fully saturated rings. The van der Waals surface area contributed by atoms with Gasteiger partial charge in [0.15, 0.2) is 5.13 Å². The van der Waals surface area contributed by atoms with Crippen LogP contribution in [-0.2, 0) is 20.8 Å². The molecule has 6 nitrogen and oxygen atoms in total. The lowest BCUT2D eigenvalue weighted by atomic mass is 10.2. The minimum atomic E-state index is 0.0407. The van der Waals surface area contributed by atoms with Gasteiger partial charge < -0.3 is 9.47 Å². The molecule has 1 aromatic heterocycles. The SMILES string of the molecule is CCN(C(C)=O)c1nc(CN(C[C@H]2CCCO2)C[C@@H]2CCCO2)cs1. The first-order valence-corrected chi connectivity index (χ1v) is 10.2. The van der Waals surface area contributed by atoms with E-state index in [-0.39, 0.29) is 5.91 Å². The number of carbonyl (C=O) groups is 1. The highest BCUT2D eigenvalue weighted by Crippen LogP contribution is 2.23. The second-order valence-electron chi connectivity index (χ2n) is 6.85. The van der Waals surface area contributed by atoms with Crippen LogP contribution in [0.1, 0.15) is 45.2 Å². The van der Waals surface area contributed by atoms with Crippen LogP contribution >= 0.6 is 11.3 Å². The van der Waals surface area contributed by atoms with E-state index in [1.165, 1.54) is 0 Å². The normalized spacial score (nSPS) is 23.5. The zero-order valence-electron chi connectivity index (χ0n) is 15.3. The molecule has 0 radical (unpaired) electrons. The molecule has 2 aliphatic rings. The summed E-state index contributed by atoms with van der Waals surface area (Å²) >= 11 is 1.54. The first-order chi connectivity index (χ1) is 12.2. The summed E-state index contributed by atoms with van der Waals surface area (Å²) in [6.07, 6.45) is 5.23. The van der Waals surface area contributed by atoms with Gasteiger partial charge in [-0.15, -0.1) is 11.3 Å². The molecule has 7 heteroatoms. The summed E-state index contributed by atoms with van der Waals surface area (Å²) in [5, 5.41) is 2.86. The van der Waals surface area contributed by atoms with E-state index in [2.05, 4.69) is 10.3 Å². The van der Waals surface area contributed by atoms with Gasteiger partial charge in [-0.3, -0.25) is 14.6 Å². The molecule has 0 bridgehead atoms. The zero-order valence-corrected chi connectivity index (χ0v) is 16.1. The molecule has 0 aromatic carbocycles. The Bertz CT molecular complexity index is 536. The first kappa shape index (κ1) is 18.8. The van der Waals surface area contributed by atoms with Gasteiger partial charge >= 0.3 is 0 Å². The zero-order chi connectivity index (χ0) is 17.6. The van der Waals surface area contributed by atoms with Gasteiger partial charge in [0.2, 0.25) is 5.91 Å². The lowest BCUT2D eigenvalue weighted by Crippen LogP contribution is -2.37. The fourth-order valence-electron chi connectivity index (χ4n) is 3.57. The largest absolute Gasteiger partial charge is 0.377 e. The van der Waals surface area contributed by atoms with Crippen LogP contribution in [0.25, 0.3) is 0 Å². The topological polar surface area (TPSA) is 54.9 Å². The molecule has 140 valence electrons. The van der Waals surface area contributed by atoms with Crippen molar-refractivity contribution in [2.45, 2.75) is 58.3 Å². The summed E-state index contributed by atoms with van der Waals surface area (Å²) in [6, 6.07) is 0. The third-order valence-electron chi connectivity index (χ3n) is 4.82. The van der Waals surface area contributed by atoms with Gasteiger partial charge in [0, 0.05) is 51.7 Å². The second-order valence-corrected chi connectivity index (χ2v) is 7.69. The van der Waals surface area contributed by atoms with Crippen molar-refractivity contribution in [1.29, 1.82) is 0 Å². The molecule has 2 aliphatic heterocycles. The van der Waals surface area contributed by atoms with Gasteiger partial charge in [-0.2, -0.15) is 0 Å². The van der Waals surface area contributed by atoms with Crippen LogP contribution in [0, 0.1) is 0 Å². The van der Waals surface area contributed by atoms with Crippen molar-refractivity contribution in [3.05, 3.63) is 11.1 Å². The lowest BCUT2D eigenvalue weighted by molar-refractivity contribution is -0.116. The predicted octanol–water partition coefficient (Wildman–Crippen LogP) is 2.68. The van der Waals surface area contributed by atoms with Crippen molar-refractivity contribution in [1.82, 2.24) is 9.88 Å². The molecular weight excluding hydrogens is 338 g/mol. The van der Waals surface area contributed by atoms with E-state index < -0.39 is 0 Å². The number of anilines is 1. The Morgan fingerprint density at radius 3 is 2.36 bits per heavy atom. The fraction of sp³-hybridized carbons (Fsp3) is 0.778. The highest BCUT2D eigenvalue weighted by Gasteiger charge is 2.25. The van der Waals surface area contributed by atoms with Crippen molar-refractivity contribution in [3.8, 4) is 0 Å². The molecular formula is C18H29N3O3S. The number of hydrogen-bond acceptors (Lipinski definition) is 6. The number of amides is 1. The molecule has 25 heavy (non-hydrogen) atoms.